The summed E-state index contributed by atoms with van der Waals surface area (Å²) in [6.07, 6.45) is 4.37. The minimum absolute atomic E-state index is 0.125. The van der Waals surface area contributed by atoms with Gasteiger partial charge in [0.25, 0.3) is 0 Å². The third kappa shape index (κ3) is 2.77. The average Bonchev–Trinajstić information content (AvgIpc) is 2.45. The van der Waals surface area contributed by atoms with Gasteiger partial charge >= 0.3 is 0 Å². The van der Waals surface area contributed by atoms with E-state index in [1.165, 1.54) is 0 Å². The fraction of sp³-hybridized carbons (Fsp3) is 0.529. The van der Waals surface area contributed by atoms with E-state index in [0.717, 1.165) is 31.2 Å². The molecule has 20 heavy (non-hydrogen) atoms. The van der Waals surface area contributed by atoms with Crippen LogP contribution in [-0.2, 0) is 9.59 Å². The van der Waals surface area contributed by atoms with Crippen molar-refractivity contribution in [3.05, 3.63) is 35.9 Å². The van der Waals surface area contributed by atoms with Crippen LogP contribution >= 0.6 is 0 Å². The first-order chi connectivity index (χ1) is 9.63. The Morgan fingerprint density at radius 1 is 1.20 bits per heavy atom. The molecule has 0 saturated carbocycles. The molecule has 1 aromatic carbocycles. The molecule has 2 amide bonds. The lowest BCUT2D eigenvalue weighted by Crippen LogP contribution is -2.50. The molecule has 2 unspecified atom stereocenters. The maximum Gasteiger partial charge on any atom is 0.234 e. The summed E-state index contributed by atoms with van der Waals surface area (Å²) >= 11 is 0. The van der Waals surface area contributed by atoms with E-state index in [1.807, 2.05) is 30.3 Å². The van der Waals surface area contributed by atoms with E-state index >= 15 is 0 Å². The maximum absolute atomic E-state index is 12.4. The molecule has 0 spiro atoms. The van der Waals surface area contributed by atoms with Gasteiger partial charge in [0.05, 0.1) is 5.92 Å². The topological polar surface area (TPSA) is 46.2 Å². The fourth-order valence-electron chi connectivity index (χ4n) is 3.37. The van der Waals surface area contributed by atoms with Gasteiger partial charge in [0, 0.05) is 6.42 Å². The summed E-state index contributed by atoms with van der Waals surface area (Å²) < 4.78 is 0. The lowest BCUT2D eigenvalue weighted by atomic mass is 9.63. The molecule has 3 nitrogen and oxygen atoms in total. The Morgan fingerprint density at radius 2 is 1.90 bits per heavy atom. The van der Waals surface area contributed by atoms with Crippen molar-refractivity contribution in [1.29, 1.82) is 0 Å². The van der Waals surface area contributed by atoms with Gasteiger partial charge in [0.1, 0.15) is 0 Å². The number of piperidine rings is 1. The Morgan fingerprint density at radius 3 is 2.50 bits per heavy atom. The van der Waals surface area contributed by atoms with E-state index in [4.69, 9.17) is 0 Å². The zero-order chi connectivity index (χ0) is 14.6. The van der Waals surface area contributed by atoms with Crippen molar-refractivity contribution in [1.82, 2.24) is 5.32 Å². The van der Waals surface area contributed by atoms with Crippen molar-refractivity contribution in [3.8, 4) is 0 Å². The van der Waals surface area contributed by atoms with Crippen molar-refractivity contribution in [2.24, 2.45) is 5.41 Å². The number of benzene rings is 1. The zero-order valence-corrected chi connectivity index (χ0v) is 12.3. The van der Waals surface area contributed by atoms with Gasteiger partial charge in [-0.3, -0.25) is 14.9 Å². The van der Waals surface area contributed by atoms with E-state index in [-0.39, 0.29) is 23.1 Å². The highest BCUT2D eigenvalue weighted by Crippen LogP contribution is 2.48. The van der Waals surface area contributed by atoms with Gasteiger partial charge in [-0.15, -0.1) is 0 Å². The Labute approximate surface area is 120 Å². The SMILES string of the molecule is CCCCC1(CC)CC(=O)NC(=O)C1c1ccccc1. The number of carbonyl (C=O) groups is 2. The van der Waals surface area contributed by atoms with E-state index < -0.39 is 0 Å². The first-order valence-electron chi connectivity index (χ1n) is 7.51. The predicted octanol–water partition coefficient (Wildman–Crippen LogP) is 3.40. The molecule has 0 radical (unpaired) electrons. The van der Waals surface area contributed by atoms with E-state index in [1.54, 1.807) is 0 Å². The molecule has 1 aromatic rings. The van der Waals surface area contributed by atoms with Gasteiger partial charge < -0.3 is 0 Å². The summed E-state index contributed by atoms with van der Waals surface area (Å²) in [7, 11) is 0. The standard InChI is InChI=1S/C17H23NO2/c1-3-5-11-17(4-2)12-14(19)18-16(20)15(17)13-9-7-6-8-10-13/h6-10,15H,3-5,11-12H2,1-2H3,(H,18,19,20). The fourth-order valence-corrected chi connectivity index (χ4v) is 3.37. The molecule has 2 atom stereocenters. The molecule has 1 N–H and O–H groups in total. The number of carbonyl (C=O) groups excluding carboxylic acids is 2. The van der Waals surface area contributed by atoms with Crippen LogP contribution in [0, 0.1) is 5.41 Å². The molecular formula is C17H23NO2. The first-order valence-corrected chi connectivity index (χ1v) is 7.51. The molecule has 0 bridgehead atoms. The quantitative estimate of drug-likeness (QED) is 0.836. The summed E-state index contributed by atoms with van der Waals surface area (Å²) in [5.74, 6) is -0.469. The van der Waals surface area contributed by atoms with E-state index in [0.29, 0.717) is 6.42 Å². The molecule has 1 saturated heterocycles. The summed E-state index contributed by atoms with van der Waals surface area (Å²) in [4.78, 5) is 24.3. The second-order valence-corrected chi connectivity index (χ2v) is 5.75. The second-order valence-electron chi connectivity index (χ2n) is 5.75. The minimum Gasteiger partial charge on any atom is -0.296 e. The van der Waals surface area contributed by atoms with Crippen molar-refractivity contribution in [2.75, 3.05) is 0 Å². The Balaban J connectivity index is 2.41. The number of imide groups is 1. The molecule has 2 rings (SSSR count). The molecular weight excluding hydrogens is 250 g/mol. The maximum atomic E-state index is 12.4. The van der Waals surface area contributed by atoms with Gasteiger partial charge in [-0.1, -0.05) is 57.0 Å². The van der Waals surface area contributed by atoms with Crippen LogP contribution in [0.25, 0.3) is 0 Å². The summed E-state index contributed by atoms with van der Waals surface area (Å²) in [5, 5.41) is 2.52. The van der Waals surface area contributed by atoms with Crippen LogP contribution in [0.4, 0.5) is 0 Å². The normalized spacial score (nSPS) is 26.4. The highest BCUT2D eigenvalue weighted by molar-refractivity contribution is 6.02. The molecule has 108 valence electrons. The van der Waals surface area contributed by atoms with Crippen molar-refractivity contribution in [3.63, 3.8) is 0 Å². The number of rotatable bonds is 5. The number of hydrogen-bond donors (Lipinski definition) is 1. The smallest absolute Gasteiger partial charge is 0.234 e. The highest BCUT2D eigenvalue weighted by atomic mass is 16.2. The van der Waals surface area contributed by atoms with Crippen molar-refractivity contribution < 1.29 is 9.59 Å². The number of amides is 2. The number of hydrogen-bond acceptors (Lipinski definition) is 2. The largest absolute Gasteiger partial charge is 0.296 e. The molecule has 3 heteroatoms. The number of nitrogens with one attached hydrogen (secondary N) is 1. The average molecular weight is 273 g/mol. The monoisotopic (exact) mass is 273 g/mol. The van der Waals surface area contributed by atoms with Crippen LogP contribution < -0.4 is 5.32 Å². The van der Waals surface area contributed by atoms with Gasteiger partial charge in [-0.2, -0.15) is 0 Å². The molecule has 0 aliphatic carbocycles. The first kappa shape index (κ1) is 14.8. The summed E-state index contributed by atoms with van der Waals surface area (Å²) in [6.45, 7) is 4.24. The minimum atomic E-state index is -0.225. The third-order valence-corrected chi connectivity index (χ3v) is 4.52. The van der Waals surface area contributed by atoms with Crippen molar-refractivity contribution >= 4 is 11.8 Å². The van der Waals surface area contributed by atoms with Gasteiger partial charge in [-0.25, -0.2) is 0 Å². The van der Waals surface area contributed by atoms with E-state index in [9.17, 15) is 9.59 Å². The molecule has 1 heterocycles. The summed E-state index contributed by atoms with van der Waals surface area (Å²) in [5.41, 5.74) is 0.798. The van der Waals surface area contributed by atoms with Crippen LogP contribution in [0.15, 0.2) is 30.3 Å². The lowest BCUT2D eigenvalue weighted by molar-refractivity contribution is -0.140. The molecule has 1 fully saturated rings. The molecule has 0 aromatic heterocycles. The van der Waals surface area contributed by atoms with Crippen LogP contribution in [0.3, 0.4) is 0 Å². The van der Waals surface area contributed by atoms with E-state index in [2.05, 4.69) is 19.2 Å². The Hall–Kier alpha value is -1.64. The zero-order valence-electron chi connectivity index (χ0n) is 12.3. The number of unbranched alkanes of at least 4 members (excludes halogenated alkanes) is 1. The van der Waals surface area contributed by atoms with Crippen LogP contribution in [0.5, 0.6) is 0 Å². The molecule has 1 aliphatic rings. The highest BCUT2D eigenvalue weighted by Gasteiger charge is 2.47. The van der Waals surface area contributed by atoms with Crippen molar-refractivity contribution in [2.45, 2.75) is 51.9 Å². The Kier molecular flexibility index (Phi) is 4.58. The van der Waals surface area contributed by atoms with Gasteiger partial charge in [0.15, 0.2) is 0 Å². The lowest BCUT2D eigenvalue weighted by Gasteiger charge is -2.42. The molecule has 1 aliphatic heterocycles. The van der Waals surface area contributed by atoms with Crippen LogP contribution in [0.2, 0.25) is 0 Å². The Bertz CT molecular complexity index is 483. The summed E-state index contributed by atoms with van der Waals surface area (Å²) in [6, 6.07) is 9.86. The van der Waals surface area contributed by atoms with Crippen LogP contribution in [-0.4, -0.2) is 11.8 Å². The van der Waals surface area contributed by atoms with Gasteiger partial charge in [-0.05, 0) is 23.8 Å². The third-order valence-electron chi connectivity index (χ3n) is 4.52. The predicted molar refractivity (Wildman–Crippen MR) is 79.2 cm³/mol. The van der Waals surface area contributed by atoms with Gasteiger partial charge in [0.2, 0.25) is 11.8 Å². The second kappa shape index (κ2) is 6.21. The van der Waals surface area contributed by atoms with Crippen LogP contribution in [0.1, 0.15) is 57.4 Å².